The fraction of sp³-hybridized carbons (Fsp3) is 0. The summed E-state index contributed by atoms with van der Waals surface area (Å²) in [6, 6.07) is 78.0. The summed E-state index contributed by atoms with van der Waals surface area (Å²) in [4.78, 5) is 0. The van der Waals surface area contributed by atoms with Crippen LogP contribution in [0.25, 0.3) is 111 Å². The Kier molecular flexibility index (Phi) is 7.50. The first-order valence-corrected chi connectivity index (χ1v) is 21.0. The van der Waals surface area contributed by atoms with Crippen molar-refractivity contribution in [2.75, 3.05) is 0 Å². The number of hydrogen-bond acceptors (Lipinski definition) is 2. The number of para-hydroxylation sites is 4. The van der Waals surface area contributed by atoms with Gasteiger partial charge < -0.3 is 13.7 Å². The number of rotatable bonds is 6. The molecule has 62 heavy (non-hydrogen) atoms. The molecule has 13 aromatic rings. The Bertz CT molecular complexity index is 3850. The molecule has 0 spiro atoms. The van der Waals surface area contributed by atoms with Crippen LogP contribution in [-0.4, -0.2) is 28.7 Å². The second kappa shape index (κ2) is 13.5. The Labute approximate surface area is 356 Å². The van der Waals surface area contributed by atoms with Crippen LogP contribution in [-0.2, 0) is 0 Å². The zero-order valence-corrected chi connectivity index (χ0v) is 33.5. The zero-order valence-electron chi connectivity index (χ0n) is 33.5. The molecular weight excluding hydrogens is 757 g/mol. The van der Waals surface area contributed by atoms with Gasteiger partial charge in [-0.2, -0.15) is 0 Å². The number of aromatic nitrogens is 6. The van der Waals surface area contributed by atoms with Crippen LogP contribution >= 0.6 is 0 Å². The van der Waals surface area contributed by atoms with Crippen molar-refractivity contribution in [2.24, 2.45) is 0 Å². The third-order valence-corrected chi connectivity index (χ3v) is 12.5. The van der Waals surface area contributed by atoms with Crippen molar-refractivity contribution in [3.05, 3.63) is 218 Å². The highest BCUT2D eigenvalue weighted by Crippen LogP contribution is 2.43. The van der Waals surface area contributed by atoms with E-state index in [-0.39, 0.29) is 0 Å². The van der Waals surface area contributed by atoms with Gasteiger partial charge >= 0.3 is 0 Å². The molecule has 0 saturated carbocycles. The molecule has 0 aliphatic rings. The molecule has 0 aliphatic carbocycles. The molecule has 0 atom stereocenters. The molecular formula is C56H36N6. The Morgan fingerprint density at radius 2 is 0.823 bits per heavy atom. The van der Waals surface area contributed by atoms with Gasteiger partial charge in [-0.15, -0.1) is 5.10 Å². The van der Waals surface area contributed by atoms with Crippen molar-refractivity contribution in [3.8, 4) is 45.3 Å². The van der Waals surface area contributed by atoms with E-state index in [1.54, 1.807) is 0 Å². The van der Waals surface area contributed by atoms with Crippen molar-refractivity contribution < 1.29 is 0 Å². The van der Waals surface area contributed by atoms with Crippen molar-refractivity contribution >= 4 is 65.4 Å². The average Bonchev–Trinajstić information content (AvgIpc) is 4.11. The summed E-state index contributed by atoms with van der Waals surface area (Å²) >= 11 is 0. The number of fused-ring (bicyclic) bond motifs is 10. The van der Waals surface area contributed by atoms with Crippen LogP contribution in [0.15, 0.2) is 218 Å². The van der Waals surface area contributed by atoms with E-state index in [2.05, 4.69) is 208 Å². The van der Waals surface area contributed by atoms with Crippen LogP contribution in [0.3, 0.4) is 0 Å². The predicted octanol–water partition coefficient (Wildman–Crippen LogP) is 13.9. The Morgan fingerprint density at radius 1 is 0.306 bits per heavy atom. The van der Waals surface area contributed by atoms with Gasteiger partial charge in [0.25, 0.3) is 0 Å². The predicted molar refractivity (Wildman–Crippen MR) is 255 cm³/mol. The zero-order chi connectivity index (χ0) is 40.7. The summed E-state index contributed by atoms with van der Waals surface area (Å²) in [6.07, 6.45) is 0. The molecule has 0 amide bonds. The molecule has 0 aliphatic heterocycles. The molecule has 4 aromatic heterocycles. The molecule has 9 aromatic carbocycles. The first-order chi connectivity index (χ1) is 30.8. The molecule has 6 heteroatoms. The smallest absolute Gasteiger partial charge is 0.121 e. The van der Waals surface area contributed by atoms with E-state index in [0.717, 1.165) is 61.7 Å². The minimum Gasteiger partial charge on any atom is -0.309 e. The lowest BCUT2D eigenvalue weighted by Gasteiger charge is -2.13. The van der Waals surface area contributed by atoms with Gasteiger partial charge in [0.1, 0.15) is 11.4 Å². The minimum absolute atomic E-state index is 0.850. The van der Waals surface area contributed by atoms with Crippen molar-refractivity contribution in [3.63, 3.8) is 0 Å². The quantitative estimate of drug-likeness (QED) is 0.168. The standard InChI is InChI=1S/C56H36N6/c1-4-17-37(18-5-1)54-55(38-19-6-2-7-20-38)62(58-57-54)42-31-33-51-47(36-42)44-26-11-13-28-48(44)59(51)40-23-16-24-41(35-40)60-50-30-15-12-27-46(50)53-52(60)34-32-45-43-25-10-14-29-49(43)61(56(45)53)39-21-8-3-9-22-39/h1-36H. The summed E-state index contributed by atoms with van der Waals surface area (Å²) in [6.45, 7) is 0. The normalized spacial score (nSPS) is 11.9. The molecule has 0 fully saturated rings. The summed E-state index contributed by atoms with van der Waals surface area (Å²) in [7, 11) is 0. The SMILES string of the molecule is c1ccc(-c2nnn(-c3ccc4c(c3)c3ccccc3n4-c3cccc(-n4c5ccccc5c5c4ccc4c6ccccc6n(-c6ccccc6)c45)c3)c2-c2ccccc2)cc1. The largest absolute Gasteiger partial charge is 0.309 e. The van der Waals surface area contributed by atoms with E-state index < -0.39 is 0 Å². The van der Waals surface area contributed by atoms with E-state index in [1.807, 2.05) is 28.9 Å². The number of benzene rings is 9. The molecule has 6 nitrogen and oxygen atoms in total. The highest BCUT2D eigenvalue weighted by atomic mass is 15.4. The number of hydrogen-bond donors (Lipinski definition) is 0. The van der Waals surface area contributed by atoms with E-state index in [4.69, 9.17) is 10.3 Å². The summed E-state index contributed by atoms with van der Waals surface area (Å²) in [5, 5.41) is 16.8. The van der Waals surface area contributed by atoms with Crippen molar-refractivity contribution in [1.29, 1.82) is 0 Å². The lowest BCUT2D eigenvalue weighted by Crippen LogP contribution is -2.00. The molecule has 0 radical (unpaired) electrons. The Hall–Kier alpha value is -8.48. The first-order valence-electron chi connectivity index (χ1n) is 21.0. The second-order valence-electron chi connectivity index (χ2n) is 15.9. The average molecular weight is 793 g/mol. The fourth-order valence-electron chi connectivity index (χ4n) is 9.88. The molecule has 4 heterocycles. The number of nitrogens with zero attached hydrogens (tertiary/aromatic N) is 6. The highest BCUT2D eigenvalue weighted by Gasteiger charge is 2.23. The molecule has 0 saturated heterocycles. The van der Waals surface area contributed by atoms with Crippen LogP contribution in [0.1, 0.15) is 0 Å². The topological polar surface area (TPSA) is 45.5 Å². The van der Waals surface area contributed by atoms with Gasteiger partial charge in [0, 0.05) is 60.5 Å². The molecule has 0 N–H and O–H groups in total. The maximum Gasteiger partial charge on any atom is 0.121 e. The van der Waals surface area contributed by atoms with Crippen LogP contribution in [0.4, 0.5) is 0 Å². The van der Waals surface area contributed by atoms with Gasteiger partial charge in [-0.05, 0) is 72.8 Å². The molecule has 0 unspecified atom stereocenters. The summed E-state index contributed by atoms with van der Waals surface area (Å²) < 4.78 is 9.26. The molecule has 13 rings (SSSR count). The third kappa shape index (κ3) is 5.04. The van der Waals surface area contributed by atoms with Crippen LogP contribution in [0.2, 0.25) is 0 Å². The van der Waals surface area contributed by atoms with E-state index in [1.165, 1.54) is 49.0 Å². The minimum atomic E-state index is 0.850. The van der Waals surface area contributed by atoms with Crippen molar-refractivity contribution in [1.82, 2.24) is 28.7 Å². The van der Waals surface area contributed by atoms with Crippen molar-refractivity contribution in [2.45, 2.75) is 0 Å². The third-order valence-electron chi connectivity index (χ3n) is 12.5. The fourth-order valence-corrected chi connectivity index (χ4v) is 9.88. The first kappa shape index (κ1) is 34.4. The lowest BCUT2D eigenvalue weighted by atomic mass is 10.0. The monoisotopic (exact) mass is 792 g/mol. The second-order valence-corrected chi connectivity index (χ2v) is 15.9. The van der Waals surface area contributed by atoms with Gasteiger partial charge in [-0.1, -0.05) is 151 Å². The van der Waals surface area contributed by atoms with E-state index in [9.17, 15) is 0 Å². The van der Waals surface area contributed by atoms with E-state index in [0.29, 0.717) is 0 Å². The van der Waals surface area contributed by atoms with E-state index >= 15 is 0 Å². The Balaban J connectivity index is 1.02. The highest BCUT2D eigenvalue weighted by molar-refractivity contribution is 6.26. The van der Waals surface area contributed by atoms with Gasteiger partial charge in [0.05, 0.1) is 38.8 Å². The molecule has 0 bridgehead atoms. The maximum atomic E-state index is 4.79. The van der Waals surface area contributed by atoms with Gasteiger partial charge in [-0.3, -0.25) is 0 Å². The lowest BCUT2D eigenvalue weighted by molar-refractivity contribution is 0.809. The summed E-state index contributed by atoms with van der Waals surface area (Å²) in [5.74, 6) is 0. The molecule has 290 valence electrons. The summed E-state index contributed by atoms with van der Waals surface area (Å²) in [5.41, 5.74) is 15.2. The van der Waals surface area contributed by atoms with Gasteiger partial charge in [0.2, 0.25) is 0 Å². The maximum absolute atomic E-state index is 4.79. The van der Waals surface area contributed by atoms with Gasteiger partial charge in [-0.25, -0.2) is 4.68 Å². The van der Waals surface area contributed by atoms with Gasteiger partial charge in [0.15, 0.2) is 0 Å². The van der Waals surface area contributed by atoms with Crippen LogP contribution < -0.4 is 0 Å². The van der Waals surface area contributed by atoms with Crippen LogP contribution in [0, 0.1) is 0 Å². The Morgan fingerprint density at radius 3 is 1.53 bits per heavy atom. The van der Waals surface area contributed by atoms with Crippen LogP contribution in [0.5, 0.6) is 0 Å².